The van der Waals surface area contributed by atoms with Crippen LogP contribution in [0.4, 0.5) is 5.69 Å². The number of nitro groups is 1. The van der Waals surface area contributed by atoms with Crippen molar-refractivity contribution in [3.63, 3.8) is 0 Å². The molecule has 198 valence electrons. The van der Waals surface area contributed by atoms with Crippen molar-refractivity contribution in [3.8, 4) is 11.3 Å². The van der Waals surface area contributed by atoms with Gasteiger partial charge >= 0.3 is 5.97 Å². The zero-order chi connectivity index (χ0) is 27.8. The zero-order valence-corrected chi connectivity index (χ0v) is 22.7. The van der Waals surface area contributed by atoms with Crippen LogP contribution in [0.5, 0.6) is 0 Å². The second-order valence-electron chi connectivity index (χ2n) is 8.80. The number of thiazole rings is 1. The van der Waals surface area contributed by atoms with Crippen LogP contribution in [0.2, 0.25) is 5.02 Å². The Bertz CT molecular complexity index is 1850. The second-order valence-corrected chi connectivity index (χ2v) is 10.2. The lowest BCUT2D eigenvalue weighted by molar-refractivity contribution is -0.384. The fourth-order valence-electron chi connectivity index (χ4n) is 4.49. The molecule has 0 aliphatic carbocycles. The van der Waals surface area contributed by atoms with Gasteiger partial charge in [0.2, 0.25) is 0 Å². The standard InChI is InChI=1S/C28H22ClN3O6S/c1-4-37-27(34)24-16(3)30-28-31(25(24)18-7-5-6-8-20(18)29)26(33)23(39-28)14-17-10-12-22(38-17)19-11-9-15(2)13-21(19)32(35)36/h5-14,25H,4H2,1-3H3/b23-14-. The number of esters is 1. The number of rotatable bonds is 6. The molecular weight excluding hydrogens is 542 g/mol. The number of furan rings is 1. The Hall–Kier alpha value is -4.28. The largest absolute Gasteiger partial charge is 0.463 e. The van der Waals surface area contributed by atoms with Crippen molar-refractivity contribution >= 4 is 40.7 Å². The molecule has 0 spiro atoms. The van der Waals surface area contributed by atoms with Crippen molar-refractivity contribution in [2.45, 2.75) is 26.8 Å². The number of nitro benzene ring substituents is 1. The van der Waals surface area contributed by atoms with E-state index < -0.39 is 22.5 Å². The number of aromatic nitrogens is 1. The summed E-state index contributed by atoms with van der Waals surface area (Å²) in [5, 5.41) is 12.0. The average Bonchev–Trinajstić information content (AvgIpc) is 3.48. The van der Waals surface area contributed by atoms with E-state index in [-0.39, 0.29) is 17.9 Å². The van der Waals surface area contributed by atoms with Crippen LogP contribution in [0.25, 0.3) is 17.4 Å². The summed E-state index contributed by atoms with van der Waals surface area (Å²) in [5.74, 6) is 0.0594. The van der Waals surface area contributed by atoms with Crippen LogP contribution < -0.4 is 14.9 Å². The molecule has 2 aromatic carbocycles. The van der Waals surface area contributed by atoms with E-state index in [0.717, 1.165) is 16.9 Å². The highest BCUT2D eigenvalue weighted by molar-refractivity contribution is 7.07. The van der Waals surface area contributed by atoms with Gasteiger partial charge in [0, 0.05) is 17.2 Å². The molecule has 4 aromatic rings. The zero-order valence-electron chi connectivity index (χ0n) is 21.1. The van der Waals surface area contributed by atoms with Gasteiger partial charge in [0.1, 0.15) is 17.6 Å². The lowest BCUT2D eigenvalue weighted by Crippen LogP contribution is -2.40. The van der Waals surface area contributed by atoms with Crippen molar-refractivity contribution in [1.29, 1.82) is 0 Å². The van der Waals surface area contributed by atoms with Crippen LogP contribution in [0, 0.1) is 17.0 Å². The Labute approximate surface area is 231 Å². The maximum Gasteiger partial charge on any atom is 0.338 e. The van der Waals surface area contributed by atoms with Crippen LogP contribution in [-0.2, 0) is 9.53 Å². The fourth-order valence-corrected chi connectivity index (χ4v) is 5.75. The molecule has 9 nitrogen and oxygen atoms in total. The van der Waals surface area contributed by atoms with Crippen molar-refractivity contribution in [2.75, 3.05) is 6.61 Å². The number of carbonyl (C=O) groups excluding carboxylic acids is 1. The van der Waals surface area contributed by atoms with E-state index in [1.54, 1.807) is 75.4 Å². The number of halogens is 1. The molecule has 0 bridgehead atoms. The van der Waals surface area contributed by atoms with Crippen LogP contribution in [0.15, 0.2) is 80.1 Å². The first kappa shape index (κ1) is 26.3. The van der Waals surface area contributed by atoms with Crippen molar-refractivity contribution in [1.82, 2.24) is 4.57 Å². The number of fused-ring (bicyclic) bond motifs is 1. The van der Waals surface area contributed by atoms with Gasteiger partial charge in [0.25, 0.3) is 11.2 Å². The molecular formula is C28H22ClN3O6S. The normalized spacial score (nSPS) is 15.2. The Kier molecular flexibility index (Phi) is 7.07. The van der Waals surface area contributed by atoms with E-state index in [1.807, 2.05) is 0 Å². The summed E-state index contributed by atoms with van der Waals surface area (Å²) in [4.78, 5) is 42.8. The molecule has 1 aliphatic rings. The molecule has 2 aromatic heterocycles. The summed E-state index contributed by atoms with van der Waals surface area (Å²) in [5.41, 5.74) is 1.85. The molecule has 0 N–H and O–H groups in total. The Balaban J connectivity index is 1.65. The molecule has 1 aliphatic heterocycles. The molecule has 0 radical (unpaired) electrons. The molecule has 0 saturated heterocycles. The van der Waals surface area contributed by atoms with Gasteiger partial charge < -0.3 is 9.15 Å². The van der Waals surface area contributed by atoms with Gasteiger partial charge in [-0.3, -0.25) is 19.5 Å². The highest BCUT2D eigenvalue weighted by Gasteiger charge is 2.34. The first-order chi connectivity index (χ1) is 18.7. The fraction of sp³-hybridized carbons (Fsp3) is 0.179. The van der Waals surface area contributed by atoms with E-state index in [1.165, 1.54) is 10.6 Å². The third kappa shape index (κ3) is 4.84. The minimum Gasteiger partial charge on any atom is -0.463 e. The number of hydrogen-bond acceptors (Lipinski definition) is 8. The quantitative estimate of drug-likeness (QED) is 0.186. The number of nitrogens with zero attached hydrogens (tertiary/aromatic N) is 3. The van der Waals surface area contributed by atoms with Crippen LogP contribution >= 0.6 is 22.9 Å². The van der Waals surface area contributed by atoms with Gasteiger partial charge in [-0.25, -0.2) is 9.79 Å². The van der Waals surface area contributed by atoms with E-state index in [4.69, 9.17) is 20.8 Å². The molecule has 0 amide bonds. The summed E-state index contributed by atoms with van der Waals surface area (Å²) in [6.07, 6.45) is 1.56. The Morgan fingerprint density at radius 3 is 2.72 bits per heavy atom. The number of carbonyl (C=O) groups is 1. The monoisotopic (exact) mass is 563 g/mol. The smallest absolute Gasteiger partial charge is 0.338 e. The minimum absolute atomic E-state index is 0.0722. The first-order valence-corrected chi connectivity index (χ1v) is 13.2. The van der Waals surface area contributed by atoms with E-state index >= 15 is 0 Å². The molecule has 0 saturated carbocycles. The number of aryl methyl sites for hydroxylation is 1. The molecule has 3 heterocycles. The third-order valence-corrected chi connectivity index (χ3v) is 7.56. The van der Waals surface area contributed by atoms with E-state index in [2.05, 4.69) is 4.99 Å². The van der Waals surface area contributed by atoms with Crippen molar-refractivity contribution in [2.24, 2.45) is 4.99 Å². The summed E-state index contributed by atoms with van der Waals surface area (Å²) in [6.45, 7) is 5.33. The van der Waals surface area contributed by atoms with Crippen LogP contribution in [0.1, 0.15) is 36.8 Å². The second kappa shape index (κ2) is 10.5. The maximum absolute atomic E-state index is 13.7. The van der Waals surface area contributed by atoms with Gasteiger partial charge in [-0.15, -0.1) is 0 Å². The minimum atomic E-state index is -0.835. The van der Waals surface area contributed by atoms with Gasteiger partial charge in [-0.1, -0.05) is 47.2 Å². The van der Waals surface area contributed by atoms with Crippen molar-refractivity contribution in [3.05, 3.63) is 118 Å². The van der Waals surface area contributed by atoms with E-state index in [9.17, 15) is 19.7 Å². The lowest BCUT2D eigenvalue weighted by Gasteiger charge is -2.25. The topological polar surface area (TPSA) is 117 Å². The Morgan fingerprint density at radius 2 is 2.00 bits per heavy atom. The summed E-state index contributed by atoms with van der Waals surface area (Å²) in [7, 11) is 0. The van der Waals surface area contributed by atoms with Crippen LogP contribution in [0.3, 0.4) is 0 Å². The van der Waals surface area contributed by atoms with Crippen LogP contribution in [-0.4, -0.2) is 22.1 Å². The van der Waals surface area contributed by atoms with Gasteiger partial charge in [-0.2, -0.15) is 0 Å². The SMILES string of the molecule is CCOC(=O)C1=C(C)N=c2s/c(=C\c3ccc(-c4ccc(C)cc4[N+](=O)[O-])o3)c(=O)n2C1c1ccccc1Cl. The number of allylic oxidation sites excluding steroid dienone is 1. The average molecular weight is 564 g/mol. The number of ether oxygens (including phenoxy) is 1. The molecule has 11 heteroatoms. The molecule has 1 unspecified atom stereocenters. The molecule has 39 heavy (non-hydrogen) atoms. The van der Waals surface area contributed by atoms with Gasteiger partial charge in [0.05, 0.1) is 32.9 Å². The predicted molar refractivity (Wildman–Crippen MR) is 147 cm³/mol. The summed E-state index contributed by atoms with van der Waals surface area (Å²) in [6, 6.07) is 14.3. The van der Waals surface area contributed by atoms with Crippen molar-refractivity contribution < 1.29 is 18.9 Å². The molecule has 1 atom stereocenters. The van der Waals surface area contributed by atoms with Gasteiger partial charge in [0.15, 0.2) is 4.80 Å². The summed E-state index contributed by atoms with van der Waals surface area (Å²) < 4.78 is 12.9. The molecule has 5 rings (SSSR count). The first-order valence-electron chi connectivity index (χ1n) is 12.0. The molecule has 0 fully saturated rings. The van der Waals surface area contributed by atoms with Gasteiger partial charge in [-0.05, 0) is 56.2 Å². The highest BCUT2D eigenvalue weighted by Crippen LogP contribution is 2.35. The van der Waals surface area contributed by atoms with E-state index in [0.29, 0.717) is 42.7 Å². The Morgan fingerprint density at radius 1 is 1.23 bits per heavy atom. The lowest BCUT2D eigenvalue weighted by atomic mass is 9.96. The number of benzene rings is 2. The highest BCUT2D eigenvalue weighted by atomic mass is 35.5. The number of hydrogen-bond donors (Lipinski definition) is 0. The predicted octanol–water partition coefficient (Wildman–Crippen LogP) is 4.93. The third-order valence-electron chi connectivity index (χ3n) is 6.23. The maximum atomic E-state index is 13.7. The summed E-state index contributed by atoms with van der Waals surface area (Å²) >= 11 is 7.66.